The fourth-order valence-corrected chi connectivity index (χ4v) is 11.2. The minimum Gasteiger partial charge on any atom is -0.310 e. The van der Waals surface area contributed by atoms with Gasteiger partial charge in [0, 0.05) is 37.1 Å². The summed E-state index contributed by atoms with van der Waals surface area (Å²) < 4.78 is 2.63. The zero-order valence-electron chi connectivity index (χ0n) is 33.4. The van der Waals surface area contributed by atoms with E-state index in [9.17, 15) is 0 Å². The van der Waals surface area contributed by atoms with E-state index in [4.69, 9.17) is 0 Å². The standard InChI is InChI=1S/C59H39NS/c1-3-20-43(21-4-1)59(44-22-5-2-6-23-44)54-30-12-9-26-49(54)50-35-34-46(39-55(50)59)60(56-31-13-10-27-51(56)48-29-16-18-40-17-7-8-25-47(40)48)45-24-15-19-41(37-45)42-33-36-58-53(38-42)52-28-11-14-32-57(52)61-58/h1-39H. The molecule has 1 aliphatic carbocycles. The predicted octanol–water partition coefficient (Wildman–Crippen LogP) is 16.4. The van der Waals surface area contributed by atoms with E-state index in [1.807, 2.05) is 11.3 Å². The van der Waals surface area contributed by atoms with Crippen molar-refractivity contribution in [1.29, 1.82) is 0 Å². The first kappa shape index (κ1) is 35.4. The van der Waals surface area contributed by atoms with Crippen molar-refractivity contribution in [3.8, 4) is 33.4 Å². The van der Waals surface area contributed by atoms with Gasteiger partial charge in [0.05, 0.1) is 11.1 Å². The maximum absolute atomic E-state index is 2.49. The molecule has 0 unspecified atom stereocenters. The van der Waals surface area contributed by atoms with Gasteiger partial charge in [0.2, 0.25) is 0 Å². The number of hydrogen-bond donors (Lipinski definition) is 0. The Morgan fingerprint density at radius 2 is 0.918 bits per heavy atom. The molecule has 0 amide bonds. The maximum Gasteiger partial charge on any atom is 0.0714 e. The normalized spacial score (nSPS) is 12.7. The molecule has 0 bridgehead atoms. The molecule has 0 saturated carbocycles. The Morgan fingerprint density at radius 3 is 1.75 bits per heavy atom. The van der Waals surface area contributed by atoms with Crippen molar-refractivity contribution in [1.82, 2.24) is 0 Å². The van der Waals surface area contributed by atoms with Crippen molar-refractivity contribution in [2.45, 2.75) is 5.41 Å². The molecule has 1 aromatic heterocycles. The second-order valence-corrected chi connectivity index (χ2v) is 17.1. The molecular formula is C59H39NS. The van der Waals surface area contributed by atoms with Crippen molar-refractivity contribution >= 4 is 59.3 Å². The molecule has 0 fully saturated rings. The number of fused-ring (bicyclic) bond motifs is 7. The van der Waals surface area contributed by atoms with Crippen LogP contribution in [0, 0.1) is 0 Å². The summed E-state index contributed by atoms with van der Waals surface area (Å²) in [6.07, 6.45) is 0. The van der Waals surface area contributed by atoms with E-state index in [1.165, 1.54) is 86.6 Å². The first-order chi connectivity index (χ1) is 30.3. The Hall–Kier alpha value is -7.52. The molecule has 1 nitrogen and oxygen atoms in total. The van der Waals surface area contributed by atoms with Crippen molar-refractivity contribution in [3.05, 3.63) is 259 Å². The van der Waals surface area contributed by atoms with Crippen molar-refractivity contribution in [3.63, 3.8) is 0 Å². The first-order valence-electron chi connectivity index (χ1n) is 21.0. The van der Waals surface area contributed by atoms with E-state index >= 15 is 0 Å². The van der Waals surface area contributed by atoms with Crippen LogP contribution in [0.2, 0.25) is 0 Å². The van der Waals surface area contributed by atoms with Crippen LogP contribution >= 0.6 is 11.3 Å². The Morgan fingerprint density at radius 1 is 0.328 bits per heavy atom. The molecule has 1 aliphatic rings. The lowest BCUT2D eigenvalue weighted by molar-refractivity contribution is 0.768. The molecule has 2 heteroatoms. The minimum atomic E-state index is -0.522. The van der Waals surface area contributed by atoms with Gasteiger partial charge in [-0.1, -0.05) is 188 Å². The molecule has 11 aromatic rings. The third-order valence-electron chi connectivity index (χ3n) is 12.7. The highest BCUT2D eigenvalue weighted by Gasteiger charge is 2.46. The zero-order chi connectivity index (χ0) is 40.3. The van der Waals surface area contributed by atoms with Gasteiger partial charge in [-0.2, -0.15) is 0 Å². The topological polar surface area (TPSA) is 3.24 Å². The number of para-hydroxylation sites is 1. The van der Waals surface area contributed by atoms with Gasteiger partial charge in [-0.3, -0.25) is 0 Å². The summed E-state index contributed by atoms with van der Waals surface area (Å²) >= 11 is 1.86. The smallest absolute Gasteiger partial charge is 0.0714 e. The number of thiophene rings is 1. The Labute approximate surface area is 360 Å². The number of rotatable bonds is 7. The number of hydrogen-bond acceptors (Lipinski definition) is 2. The molecule has 0 saturated heterocycles. The summed E-state index contributed by atoms with van der Waals surface area (Å²) in [7, 11) is 0. The monoisotopic (exact) mass is 793 g/mol. The van der Waals surface area contributed by atoms with Crippen LogP contribution in [0.5, 0.6) is 0 Å². The van der Waals surface area contributed by atoms with Gasteiger partial charge < -0.3 is 4.90 Å². The maximum atomic E-state index is 2.49. The molecule has 0 aliphatic heterocycles. The lowest BCUT2D eigenvalue weighted by atomic mass is 9.67. The molecule has 0 spiro atoms. The Bertz CT molecular complexity index is 3390. The lowest BCUT2D eigenvalue weighted by Crippen LogP contribution is -2.28. The molecule has 0 N–H and O–H groups in total. The van der Waals surface area contributed by atoms with Gasteiger partial charge in [0.1, 0.15) is 0 Å². The minimum absolute atomic E-state index is 0.522. The van der Waals surface area contributed by atoms with Crippen molar-refractivity contribution < 1.29 is 0 Å². The largest absolute Gasteiger partial charge is 0.310 e. The SMILES string of the molecule is c1ccc(C2(c3ccccc3)c3ccccc3-c3ccc(N(c4cccc(-c5ccc6sc7ccccc7c6c5)c4)c4ccccc4-c4cccc5ccccc45)cc32)cc1. The fraction of sp³-hybridized carbons (Fsp3) is 0.0169. The zero-order valence-corrected chi connectivity index (χ0v) is 34.2. The highest BCUT2D eigenvalue weighted by atomic mass is 32.1. The number of anilines is 3. The van der Waals surface area contributed by atoms with Crippen LogP contribution in [0.15, 0.2) is 237 Å². The van der Waals surface area contributed by atoms with Crippen LogP contribution in [-0.2, 0) is 5.41 Å². The average Bonchev–Trinajstić information content (AvgIpc) is 3.85. The van der Waals surface area contributed by atoms with Crippen LogP contribution < -0.4 is 4.90 Å². The van der Waals surface area contributed by atoms with Crippen LogP contribution in [0.3, 0.4) is 0 Å². The van der Waals surface area contributed by atoms with Crippen LogP contribution in [0.4, 0.5) is 17.1 Å². The molecule has 12 rings (SSSR count). The van der Waals surface area contributed by atoms with E-state index in [2.05, 4.69) is 241 Å². The van der Waals surface area contributed by atoms with Gasteiger partial charge in [-0.15, -0.1) is 11.3 Å². The van der Waals surface area contributed by atoms with Gasteiger partial charge in [0.25, 0.3) is 0 Å². The summed E-state index contributed by atoms with van der Waals surface area (Å²) in [6, 6.07) is 87.5. The van der Waals surface area contributed by atoms with Crippen LogP contribution in [0.1, 0.15) is 22.3 Å². The third kappa shape index (κ3) is 5.60. The van der Waals surface area contributed by atoms with Gasteiger partial charge in [0.15, 0.2) is 0 Å². The fourth-order valence-electron chi connectivity index (χ4n) is 10.1. The molecular weight excluding hydrogens is 755 g/mol. The highest BCUT2D eigenvalue weighted by molar-refractivity contribution is 7.25. The summed E-state index contributed by atoms with van der Waals surface area (Å²) in [5.74, 6) is 0. The second-order valence-electron chi connectivity index (χ2n) is 16.0. The summed E-state index contributed by atoms with van der Waals surface area (Å²) in [6.45, 7) is 0. The molecule has 0 radical (unpaired) electrons. The first-order valence-corrected chi connectivity index (χ1v) is 21.8. The van der Waals surface area contributed by atoms with Gasteiger partial charge in [-0.25, -0.2) is 0 Å². The molecule has 0 atom stereocenters. The quantitative estimate of drug-likeness (QED) is 0.155. The molecule has 286 valence electrons. The van der Waals surface area contributed by atoms with E-state index in [0.29, 0.717) is 0 Å². The Kier molecular flexibility index (Phi) is 8.33. The summed E-state index contributed by atoms with van der Waals surface area (Å²) in [4.78, 5) is 2.49. The number of nitrogens with zero attached hydrogens (tertiary/aromatic N) is 1. The van der Waals surface area contributed by atoms with E-state index < -0.39 is 5.41 Å². The van der Waals surface area contributed by atoms with Crippen molar-refractivity contribution in [2.75, 3.05) is 4.90 Å². The Balaban J connectivity index is 1.12. The third-order valence-corrected chi connectivity index (χ3v) is 13.9. The van der Waals surface area contributed by atoms with Crippen molar-refractivity contribution in [2.24, 2.45) is 0 Å². The second kappa shape index (κ2) is 14.3. The summed E-state index contributed by atoms with van der Waals surface area (Å²) in [5.41, 5.74) is 15.2. The predicted molar refractivity (Wildman–Crippen MR) is 260 cm³/mol. The van der Waals surface area contributed by atoms with E-state index in [1.54, 1.807) is 0 Å². The number of benzene rings is 10. The van der Waals surface area contributed by atoms with E-state index in [0.717, 1.165) is 17.1 Å². The van der Waals surface area contributed by atoms with E-state index in [-0.39, 0.29) is 0 Å². The lowest BCUT2D eigenvalue weighted by Gasteiger charge is -2.35. The van der Waals surface area contributed by atoms with Gasteiger partial charge in [-0.05, 0) is 109 Å². The van der Waals surface area contributed by atoms with Crippen LogP contribution in [-0.4, -0.2) is 0 Å². The van der Waals surface area contributed by atoms with Gasteiger partial charge >= 0.3 is 0 Å². The summed E-state index contributed by atoms with van der Waals surface area (Å²) in [5, 5.41) is 5.08. The molecule has 61 heavy (non-hydrogen) atoms. The molecule has 10 aromatic carbocycles. The van der Waals surface area contributed by atoms with Crippen LogP contribution in [0.25, 0.3) is 64.3 Å². The highest BCUT2D eigenvalue weighted by Crippen LogP contribution is 2.57. The molecule has 1 heterocycles. The average molecular weight is 794 g/mol.